The Labute approximate surface area is 304 Å². The second-order valence-electron chi connectivity index (χ2n) is 14.1. The summed E-state index contributed by atoms with van der Waals surface area (Å²) in [5.74, 6) is -4.51. The number of hydrogen-bond donors (Lipinski definition) is 2. The lowest BCUT2D eigenvalue weighted by Gasteiger charge is -2.42. The summed E-state index contributed by atoms with van der Waals surface area (Å²) >= 11 is 0. The van der Waals surface area contributed by atoms with Gasteiger partial charge in [-0.15, -0.1) is 0 Å². The van der Waals surface area contributed by atoms with Crippen LogP contribution in [0.25, 0.3) is 32.8 Å². The average Bonchev–Trinajstić information content (AvgIpc) is 3.10. The van der Waals surface area contributed by atoms with Gasteiger partial charge in [0.25, 0.3) is 0 Å². The summed E-state index contributed by atoms with van der Waals surface area (Å²) in [6.45, 7) is -1.74. The van der Waals surface area contributed by atoms with Crippen molar-refractivity contribution in [1.82, 2.24) is 20.1 Å². The summed E-state index contributed by atoms with van der Waals surface area (Å²) in [5.41, 5.74) is -0.567. The molecule has 0 aliphatic carbocycles. The molecule has 7 nitrogen and oxygen atoms in total. The molecule has 0 saturated carbocycles. The van der Waals surface area contributed by atoms with Crippen LogP contribution in [0.4, 0.5) is 39.5 Å². The Balaban J connectivity index is 1.25. The Bertz CT molecular complexity index is 2000. The largest absolute Gasteiger partial charge is 0.480 e. The molecule has 0 bridgehead atoms. The number of piperidine rings is 2. The topological polar surface area (TPSA) is 85.8 Å². The highest BCUT2D eigenvalue weighted by molar-refractivity contribution is 6.05. The van der Waals surface area contributed by atoms with Crippen LogP contribution in [0.3, 0.4) is 0 Å². The third kappa shape index (κ3) is 8.28. The number of rotatable bonds is 9. The summed E-state index contributed by atoms with van der Waals surface area (Å²) in [5, 5.41) is 14.9. The van der Waals surface area contributed by atoms with E-state index in [2.05, 4.69) is 5.32 Å². The van der Waals surface area contributed by atoms with Crippen molar-refractivity contribution in [2.24, 2.45) is 11.3 Å². The van der Waals surface area contributed by atoms with Gasteiger partial charge in [-0.1, -0.05) is 60.7 Å². The summed E-state index contributed by atoms with van der Waals surface area (Å²) in [4.78, 5) is 33.2. The number of pyridine rings is 1. The summed E-state index contributed by atoms with van der Waals surface area (Å²) in [6.07, 6.45) is -14.6. The van der Waals surface area contributed by atoms with Crippen LogP contribution >= 0.6 is 0 Å². The molecule has 0 radical (unpaired) electrons. The van der Waals surface area contributed by atoms with Gasteiger partial charge in [-0.05, 0) is 79.1 Å². The van der Waals surface area contributed by atoms with Gasteiger partial charge in [0.1, 0.15) is 11.5 Å². The number of fused-ring (bicyclic) bond motifs is 2. The molecule has 1 amide bonds. The zero-order valence-corrected chi connectivity index (χ0v) is 28.8. The van der Waals surface area contributed by atoms with E-state index in [1.165, 1.54) is 0 Å². The van der Waals surface area contributed by atoms with Gasteiger partial charge in [-0.3, -0.25) is 19.6 Å². The van der Waals surface area contributed by atoms with Gasteiger partial charge in [0.05, 0.1) is 18.2 Å². The van der Waals surface area contributed by atoms with Crippen LogP contribution in [0.1, 0.15) is 36.8 Å². The number of likely N-dealkylation sites (tertiary alicyclic amines) is 2. The number of halogens is 9. The van der Waals surface area contributed by atoms with Crippen molar-refractivity contribution in [2.75, 3.05) is 32.7 Å². The van der Waals surface area contributed by atoms with Gasteiger partial charge in [0.2, 0.25) is 5.91 Å². The number of nitrogens with zero attached hydrogens (tertiary/aromatic N) is 3. The number of carbonyl (C=O) groups excluding carboxylic acids is 1. The van der Waals surface area contributed by atoms with Crippen molar-refractivity contribution in [3.8, 4) is 11.3 Å². The van der Waals surface area contributed by atoms with Gasteiger partial charge < -0.3 is 10.4 Å². The fraction of sp³-hybridized carbons (Fsp3) is 0.447. The van der Waals surface area contributed by atoms with E-state index in [1.54, 1.807) is 36.5 Å². The van der Waals surface area contributed by atoms with E-state index in [9.17, 15) is 54.2 Å². The summed E-state index contributed by atoms with van der Waals surface area (Å²) in [7, 11) is 0. The van der Waals surface area contributed by atoms with E-state index in [0.717, 1.165) is 21.2 Å². The number of aromatic nitrogens is 1. The lowest BCUT2D eigenvalue weighted by Crippen LogP contribution is -2.59. The molecule has 4 aromatic rings. The molecule has 0 unspecified atom stereocenters. The molecule has 2 fully saturated rings. The molecular weight excluding hydrogens is 731 g/mol. The number of carboxylic acids is 1. The second kappa shape index (κ2) is 15.0. The van der Waals surface area contributed by atoms with E-state index in [1.807, 2.05) is 35.2 Å². The van der Waals surface area contributed by atoms with Gasteiger partial charge in [0.15, 0.2) is 0 Å². The van der Waals surface area contributed by atoms with E-state index in [-0.39, 0.29) is 12.8 Å². The quantitative estimate of drug-likeness (QED) is 0.167. The molecule has 3 heterocycles. The Hall–Kier alpha value is -4.44. The van der Waals surface area contributed by atoms with Crippen LogP contribution in [0.5, 0.6) is 0 Å². The molecule has 290 valence electrons. The summed E-state index contributed by atoms with van der Waals surface area (Å²) < 4.78 is 122. The zero-order valence-electron chi connectivity index (χ0n) is 28.8. The number of carboxylic acid groups (broad SMARTS) is 1. The second-order valence-corrected chi connectivity index (χ2v) is 14.1. The molecule has 1 atom stereocenters. The minimum absolute atomic E-state index is 0.0189. The maximum absolute atomic E-state index is 14.4. The molecule has 6 rings (SSSR count). The molecular formula is C38H37F9N4O3. The lowest BCUT2D eigenvalue weighted by molar-refractivity contribution is -0.236. The molecule has 2 N–H and O–H groups in total. The first kappa shape index (κ1) is 39.3. The number of aliphatic carboxylic acids is 1. The SMILES string of the molecule is O=C(O)[C@H](Cc1cccc2c(-c3ncc(CN4CCC(C(F)(F)F)CC4)c4ccccc34)cccc12)NC(=O)C1(C(F)(F)F)CCN(CC(F)(F)F)CC1. The van der Waals surface area contributed by atoms with Crippen LogP contribution in [-0.2, 0) is 22.6 Å². The molecule has 1 aromatic heterocycles. The van der Waals surface area contributed by atoms with Crippen LogP contribution in [0, 0.1) is 11.3 Å². The van der Waals surface area contributed by atoms with Crippen molar-refractivity contribution in [1.29, 1.82) is 0 Å². The van der Waals surface area contributed by atoms with Crippen molar-refractivity contribution in [3.63, 3.8) is 0 Å². The van der Waals surface area contributed by atoms with Gasteiger partial charge in [-0.2, -0.15) is 39.5 Å². The van der Waals surface area contributed by atoms with Crippen molar-refractivity contribution < 1.29 is 54.2 Å². The maximum atomic E-state index is 14.4. The summed E-state index contributed by atoms with van der Waals surface area (Å²) in [6, 6.07) is 15.9. The van der Waals surface area contributed by atoms with E-state index < -0.39 is 86.7 Å². The Morgan fingerprint density at radius 2 is 1.37 bits per heavy atom. The number of alkyl halides is 9. The minimum Gasteiger partial charge on any atom is -0.480 e. The number of hydrogen-bond acceptors (Lipinski definition) is 5. The number of carbonyl (C=O) groups is 2. The third-order valence-corrected chi connectivity index (χ3v) is 10.7. The monoisotopic (exact) mass is 768 g/mol. The van der Waals surface area contributed by atoms with E-state index in [0.29, 0.717) is 47.2 Å². The number of benzene rings is 3. The lowest BCUT2D eigenvalue weighted by atomic mass is 9.76. The fourth-order valence-electron chi connectivity index (χ4n) is 7.71. The molecule has 54 heavy (non-hydrogen) atoms. The van der Waals surface area contributed by atoms with Crippen molar-refractivity contribution in [3.05, 3.63) is 78.0 Å². The zero-order chi connectivity index (χ0) is 39.1. The fourth-order valence-corrected chi connectivity index (χ4v) is 7.71. The molecule has 0 spiro atoms. The molecule has 2 aliphatic heterocycles. The van der Waals surface area contributed by atoms with Gasteiger partial charge in [0, 0.05) is 30.1 Å². The van der Waals surface area contributed by atoms with Crippen LogP contribution in [-0.4, -0.2) is 89.1 Å². The Kier molecular flexibility index (Phi) is 10.9. The minimum atomic E-state index is -5.14. The Morgan fingerprint density at radius 1 is 0.778 bits per heavy atom. The van der Waals surface area contributed by atoms with Crippen LogP contribution < -0.4 is 5.32 Å². The van der Waals surface area contributed by atoms with Crippen molar-refractivity contribution in [2.45, 2.75) is 63.2 Å². The molecule has 2 aliphatic rings. The van der Waals surface area contributed by atoms with Gasteiger partial charge >= 0.3 is 24.5 Å². The first-order valence-electron chi connectivity index (χ1n) is 17.4. The predicted molar refractivity (Wildman–Crippen MR) is 182 cm³/mol. The van der Waals surface area contributed by atoms with Crippen LogP contribution in [0.15, 0.2) is 66.9 Å². The molecule has 3 aromatic carbocycles. The van der Waals surface area contributed by atoms with E-state index >= 15 is 0 Å². The van der Waals surface area contributed by atoms with Gasteiger partial charge in [-0.25, -0.2) is 4.79 Å². The Morgan fingerprint density at radius 3 is 1.98 bits per heavy atom. The predicted octanol–water partition coefficient (Wildman–Crippen LogP) is 8.15. The average molecular weight is 769 g/mol. The highest BCUT2D eigenvalue weighted by Gasteiger charge is 2.61. The van der Waals surface area contributed by atoms with E-state index in [4.69, 9.17) is 4.98 Å². The molecule has 2 saturated heterocycles. The third-order valence-electron chi connectivity index (χ3n) is 10.7. The standard InChI is InChI=1S/C38H37F9N4O3/c39-36(40,41)22-51-17-13-35(14-18-51,38(45,46)47)34(54)49-31(33(52)53)19-23-5-3-9-28-26(23)8-4-10-30(28)32-29-7-2-1-6-27(29)24(20-48-32)21-50-15-11-25(12-16-50)37(42,43)44/h1-10,20,25,31H,11-19,21-22H2,(H,49,54)(H,52,53)/t31-/m0/s1. The first-order chi connectivity index (χ1) is 25.4. The molecule has 16 heteroatoms. The highest BCUT2D eigenvalue weighted by Crippen LogP contribution is 2.47. The first-order valence-corrected chi connectivity index (χ1v) is 17.4. The number of nitrogens with one attached hydrogen (secondary N) is 1. The smallest absolute Gasteiger partial charge is 0.403 e. The number of amides is 1. The van der Waals surface area contributed by atoms with Crippen LogP contribution in [0.2, 0.25) is 0 Å². The highest BCUT2D eigenvalue weighted by atomic mass is 19.4. The maximum Gasteiger partial charge on any atom is 0.403 e. The van der Waals surface area contributed by atoms with Crippen molar-refractivity contribution >= 4 is 33.4 Å². The normalized spacial score (nSPS) is 18.5.